The van der Waals surface area contributed by atoms with E-state index < -0.39 is 0 Å². The standard InChI is InChI=1S/C17H21N5O/c1-22(12-9-13-7-10-18-11-8-13)16-6-5-15(20-21-16)19-17(23)14-3-2-4-14/h5-8,10-11,14H,2-4,9,12H2,1H3,(H,19,20,23). The molecule has 6 heteroatoms. The molecule has 1 fully saturated rings. The van der Waals surface area contributed by atoms with E-state index in [9.17, 15) is 4.79 Å². The number of rotatable bonds is 6. The molecule has 1 saturated carbocycles. The van der Waals surface area contributed by atoms with Gasteiger partial charge in [-0.15, -0.1) is 10.2 Å². The van der Waals surface area contributed by atoms with Crippen LogP contribution in [0.5, 0.6) is 0 Å². The summed E-state index contributed by atoms with van der Waals surface area (Å²) >= 11 is 0. The highest BCUT2D eigenvalue weighted by Crippen LogP contribution is 2.27. The third-order valence-electron chi connectivity index (χ3n) is 4.25. The van der Waals surface area contributed by atoms with Crippen LogP contribution in [0.1, 0.15) is 24.8 Å². The van der Waals surface area contributed by atoms with E-state index in [0.717, 1.165) is 38.0 Å². The summed E-state index contributed by atoms with van der Waals surface area (Å²) in [6.45, 7) is 0.840. The topological polar surface area (TPSA) is 71.0 Å². The second-order valence-electron chi connectivity index (χ2n) is 5.92. The number of hydrogen-bond acceptors (Lipinski definition) is 5. The lowest BCUT2D eigenvalue weighted by Crippen LogP contribution is -2.28. The number of anilines is 2. The molecule has 2 aromatic rings. The molecule has 1 aliphatic rings. The van der Waals surface area contributed by atoms with Gasteiger partial charge in [-0.1, -0.05) is 6.42 Å². The van der Waals surface area contributed by atoms with Gasteiger partial charge in [0.15, 0.2) is 11.6 Å². The molecule has 0 saturated heterocycles. The van der Waals surface area contributed by atoms with Gasteiger partial charge in [0, 0.05) is 31.9 Å². The minimum Gasteiger partial charge on any atom is -0.358 e. The van der Waals surface area contributed by atoms with Gasteiger partial charge >= 0.3 is 0 Å². The van der Waals surface area contributed by atoms with Crippen molar-refractivity contribution in [2.45, 2.75) is 25.7 Å². The first-order chi connectivity index (χ1) is 11.2. The Balaban J connectivity index is 1.52. The van der Waals surface area contributed by atoms with Gasteiger partial charge in [0.1, 0.15) is 0 Å². The largest absolute Gasteiger partial charge is 0.358 e. The summed E-state index contributed by atoms with van der Waals surface area (Å²) in [4.78, 5) is 17.9. The van der Waals surface area contributed by atoms with Crippen LogP contribution in [-0.4, -0.2) is 34.7 Å². The Morgan fingerprint density at radius 2 is 2.00 bits per heavy atom. The van der Waals surface area contributed by atoms with Crippen LogP contribution >= 0.6 is 0 Å². The lowest BCUT2D eigenvalue weighted by atomic mass is 9.85. The van der Waals surface area contributed by atoms with E-state index in [1.54, 1.807) is 12.4 Å². The first-order valence-electron chi connectivity index (χ1n) is 7.97. The summed E-state index contributed by atoms with van der Waals surface area (Å²) in [7, 11) is 1.98. The second kappa shape index (κ2) is 7.17. The highest BCUT2D eigenvalue weighted by Gasteiger charge is 2.25. The quantitative estimate of drug-likeness (QED) is 0.886. The van der Waals surface area contributed by atoms with Crippen LogP contribution in [-0.2, 0) is 11.2 Å². The molecule has 120 valence electrons. The van der Waals surface area contributed by atoms with Crippen molar-refractivity contribution in [2.24, 2.45) is 5.92 Å². The first-order valence-corrected chi connectivity index (χ1v) is 7.97. The Kier molecular flexibility index (Phi) is 4.80. The zero-order chi connectivity index (χ0) is 16.1. The van der Waals surface area contributed by atoms with Crippen LogP contribution < -0.4 is 10.2 Å². The van der Waals surface area contributed by atoms with Crippen LogP contribution in [0.25, 0.3) is 0 Å². The fraction of sp³-hybridized carbons (Fsp3) is 0.412. The summed E-state index contributed by atoms with van der Waals surface area (Å²) in [5.41, 5.74) is 1.24. The highest BCUT2D eigenvalue weighted by atomic mass is 16.2. The summed E-state index contributed by atoms with van der Waals surface area (Å²) in [5.74, 6) is 1.53. The van der Waals surface area contributed by atoms with Gasteiger partial charge in [0.2, 0.25) is 5.91 Å². The normalized spacial score (nSPS) is 14.1. The second-order valence-corrected chi connectivity index (χ2v) is 5.92. The van der Waals surface area contributed by atoms with Crippen LogP contribution in [0.15, 0.2) is 36.7 Å². The molecule has 6 nitrogen and oxygen atoms in total. The maximum absolute atomic E-state index is 11.9. The number of amides is 1. The number of hydrogen-bond donors (Lipinski definition) is 1. The van der Waals surface area contributed by atoms with Crippen LogP contribution in [0.3, 0.4) is 0 Å². The number of aromatic nitrogens is 3. The smallest absolute Gasteiger partial charge is 0.228 e. The molecule has 2 aromatic heterocycles. The lowest BCUT2D eigenvalue weighted by molar-refractivity contribution is -0.122. The average molecular weight is 311 g/mol. The van der Waals surface area contributed by atoms with Crippen molar-refractivity contribution >= 4 is 17.5 Å². The van der Waals surface area contributed by atoms with Crippen molar-refractivity contribution < 1.29 is 4.79 Å². The number of carbonyl (C=O) groups is 1. The lowest BCUT2D eigenvalue weighted by Gasteiger charge is -2.23. The van der Waals surface area contributed by atoms with Gasteiger partial charge in [-0.05, 0) is 49.1 Å². The van der Waals surface area contributed by atoms with Gasteiger partial charge in [-0.25, -0.2) is 0 Å². The number of nitrogens with zero attached hydrogens (tertiary/aromatic N) is 4. The van der Waals surface area contributed by atoms with Crippen LogP contribution in [0.4, 0.5) is 11.6 Å². The molecule has 2 heterocycles. The summed E-state index contributed by atoms with van der Waals surface area (Å²) < 4.78 is 0. The minimum absolute atomic E-state index is 0.0596. The molecular weight excluding hydrogens is 290 g/mol. The van der Waals surface area contributed by atoms with Crippen molar-refractivity contribution in [3.63, 3.8) is 0 Å². The molecule has 0 bridgehead atoms. The molecule has 0 aliphatic heterocycles. The zero-order valence-corrected chi connectivity index (χ0v) is 13.3. The van der Waals surface area contributed by atoms with E-state index in [1.165, 1.54) is 5.56 Å². The van der Waals surface area contributed by atoms with Crippen molar-refractivity contribution in [3.8, 4) is 0 Å². The molecule has 1 N–H and O–H groups in total. The molecule has 0 unspecified atom stereocenters. The molecule has 23 heavy (non-hydrogen) atoms. The maximum atomic E-state index is 11.9. The van der Waals surface area contributed by atoms with Crippen molar-refractivity contribution in [2.75, 3.05) is 23.8 Å². The Labute approximate surface area is 136 Å². The van der Waals surface area contributed by atoms with E-state index in [1.807, 2.05) is 36.2 Å². The first kappa shape index (κ1) is 15.4. The molecule has 0 radical (unpaired) electrons. The SMILES string of the molecule is CN(CCc1ccncc1)c1ccc(NC(=O)C2CCC2)nn1. The number of likely N-dealkylation sites (N-methyl/N-ethyl adjacent to an activating group) is 1. The minimum atomic E-state index is 0.0596. The molecule has 1 amide bonds. The molecule has 0 spiro atoms. The summed E-state index contributed by atoms with van der Waals surface area (Å²) in [6, 6.07) is 7.72. The Hall–Kier alpha value is -2.50. The third-order valence-corrected chi connectivity index (χ3v) is 4.25. The van der Waals surface area contributed by atoms with E-state index in [2.05, 4.69) is 20.5 Å². The molecule has 1 aliphatic carbocycles. The van der Waals surface area contributed by atoms with Gasteiger partial charge in [0.25, 0.3) is 0 Å². The number of pyridine rings is 1. The molecule has 3 rings (SSSR count). The summed E-state index contributed by atoms with van der Waals surface area (Å²) in [6.07, 6.45) is 7.62. The van der Waals surface area contributed by atoms with E-state index in [4.69, 9.17) is 0 Å². The fourth-order valence-electron chi connectivity index (χ4n) is 2.46. The summed E-state index contributed by atoms with van der Waals surface area (Å²) in [5, 5.41) is 11.1. The van der Waals surface area contributed by atoms with Gasteiger partial charge in [0.05, 0.1) is 0 Å². The van der Waals surface area contributed by atoms with Crippen LogP contribution in [0.2, 0.25) is 0 Å². The van der Waals surface area contributed by atoms with Gasteiger partial charge < -0.3 is 10.2 Å². The Morgan fingerprint density at radius 3 is 2.61 bits per heavy atom. The van der Waals surface area contributed by atoms with Crippen molar-refractivity contribution in [1.82, 2.24) is 15.2 Å². The average Bonchev–Trinajstić information content (AvgIpc) is 2.52. The van der Waals surface area contributed by atoms with E-state index >= 15 is 0 Å². The predicted molar refractivity (Wildman–Crippen MR) is 89.2 cm³/mol. The Morgan fingerprint density at radius 1 is 1.22 bits per heavy atom. The van der Waals surface area contributed by atoms with Gasteiger partial charge in [-0.3, -0.25) is 9.78 Å². The molecule has 0 atom stereocenters. The number of nitrogens with one attached hydrogen (secondary N) is 1. The molecular formula is C17H21N5O. The zero-order valence-electron chi connectivity index (χ0n) is 13.3. The highest BCUT2D eigenvalue weighted by molar-refractivity contribution is 5.92. The maximum Gasteiger partial charge on any atom is 0.228 e. The van der Waals surface area contributed by atoms with E-state index in [0.29, 0.717) is 5.82 Å². The molecule has 0 aromatic carbocycles. The fourth-order valence-corrected chi connectivity index (χ4v) is 2.46. The van der Waals surface area contributed by atoms with Crippen LogP contribution in [0, 0.1) is 5.92 Å². The third kappa shape index (κ3) is 4.03. The Bertz CT molecular complexity index is 640. The van der Waals surface area contributed by atoms with Crippen molar-refractivity contribution in [1.29, 1.82) is 0 Å². The number of carbonyl (C=O) groups excluding carboxylic acids is 1. The van der Waals surface area contributed by atoms with Gasteiger partial charge in [-0.2, -0.15) is 0 Å². The monoisotopic (exact) mass is 311 g/mol. The van der Waals surface area contributed by atoms with E-state index in [-0.39, 0.29) is 11.8 Å². The van der Waals surface area contributed by atoms with Crippen molar-refractivity contribution in [3.05, 3.63) is 42.2 Å². The predicted octanol–water partition coefficient (Wildman–Crippen LogP) is 2.29.